The van der Waals surface area contributed by atoms with Crippen molar-refractivity contribution in [2.45, 2.75) is 207 Å². The van der Waals surface area contributed by atoms with Gasteiger partial charge in [-0.1, -0.05) is 166 Å². The summed E-state index contributed by atoms with van der Waals surface area (Å²) in [5.41, 5.74) is 0. The van der Waals surface area contributed by atoms with E-state index in [0.29, 0.717) is 19.4 Å². The fourth-order valence-corrected chi connectivity index (χ4v) is 5.57. The number of ether oxygens (including phenoxy) is 3. The van der Waals surface area contributed by atoms with Gasteiger partial charge in [-0.15, -0.1) is 0 Å². The van der Waals surface area contributed by atoms with Gasteiger partial charge in [0.2, 0.25) is 0 Å². The molecule has 0 saturated carbocycles. The smallest absolute Gasteiger partial charge is 0.306 e. The van der Waals surface area contributed by atoms with Gasteiger partial charge in [-0.25, -0.2) is 0 Å². The Morgan fingerprint density at radius 1 is 0.458 bits per heavy atom. The molecule has 0 amide bonds. The van der Waals surface area contributed by atoms with Crippen LogP contribution >= 0.6 is 0 Å². The third kappa shape index (κ3) is 36.9. The molecule has 0 heterocycles. The Kier molecular flexibility index (Phi) is 38.0. The maximum Gasteiger partial charge on any atom is 0.306 e. The number of hydrogen-bond acceptors (Lipinski definition) is 5. The van der Waals surface area contributed by atoms with E-state index in [0.717, 1.165) is 64.2 Å². The first-order valence-electron chi connectivity index (χ1n) is 20.5. The molecule has 280 valence electrons. The van der Waals surface area contributed by atoms with Crippen LogP contribution in [-0.2, 0) is 23.8 Å². The molecule has 0 aliphatic carbocycles. The summed E-state index contributed by atoms with van der Waals surface area (Å²) in [6, 6.07) is 0. The van der Waals surface area contributed by atoms with Gasteiger partial charge >= 0.3 is 11.9 Å². The first-order chi connectivity index (χ1) is 23.6. The lowest BCUT2D eigenvalue weighted by Gasteiger charge is -2.18. The lowest BCUT2D eigenvalue weighted by atomic mass is 10.1. The Bertz CT molecular complexity index is 771. The van der Waals surface area contributed by atoms with Crippen molar-refractivity contribution in [3.63, 3.8) is 0 Å². The van der Waals surface area contributed by atoms with Crippen molar-refractivity contribution < 1.29 is 23.8 Å². The molecule has 0 rings (SSSR count). The van der Waals surface area contributed by atoms with Crippen molar-refractivity contribution in [2.75, 3.05) is 19.8 Å². The van der Waals surface area contributed by atoms with Crippen molar-refractivity contribution in [1.82, 2.24) is 0 Å². The zero-order valence-corrected chi connectivity index (χ0v) is 32.0. The van der Waals surface area contributed by atoms with Gasteiger partial charge in [0.25, 0.3) is 0 Å². The molecule has 0 aromatic heterocycles. The maximum absolute atomic E-state index is 12.5. The van der Waals surface area contributed by atoms with E-state index in [-0.39, 0.29) is 25.2 Å². The minimum absolute atomic E-state index is 0.0809. The Balaban J connectivity index is 4.05. The zero-order valence-electron chi connectivity index (χ0n) is 32.0. The fourth-order valence-electron chi connectivity index (χ4n) is 5.57. The summed E-state index contributed by atoms with van der Waals surface area (Å²) in [6.07, 6.45) is 44.4. The molecular weight excluding hydrogens is 596 g/mol. The summed E-state index contributed by atoms with van der Waals surface area (Å²) < 4.78 is 17.1. The van der Waals surface area contributed by atoms with Gasteiger partial charge in [-0.2, -0.15) is 0 Å². The highest BCUT2D eigenvalue weighted by Gasteiger charge is 2.17. The van der Waals surface area contributed by atoms with Crippen molar-refractivity contribution in [3.05, 3.63) is 36.5 Å². The summed E-state index contributed by atoms with van der Waals surface area (Å²) >= 11 is 0. The molecule has 5 heteroatoms. The topological polar surface area (TPSA) is 61.8 Å². The van der Waals surface area contributed by atoms with Crippen LogP contribution in [0.2, 0.25) is 0 Å². The molecule has 0 saturated heterocycles. The molecule has 0 bridgehead atoms. The third-order valence-corrected chi connectivity index (χ3v) is 8.68. The van der Waals surface area contributed by atoms with E-state index in [4.69, 9.17) is 14.2 Å². The highest BCUT2D eigenvalue weighted by Crippen LogP contribution is 2.12. The molecule has 1 atom stereocenters. The van der Waals surface area contributed by atoms with Crippen molar-refractivity contribution >= 4 is 11.9 Å². The van der Waals surface area contributed by atoms with Crippen LogP contribution in [0.3, 0.4) is 0 Å². The zero-order chi connectivity index (χ0) is 35.0. The van der Waals surface area contributed by atoms with Gasteiger partial charge in [0, 0.05) is 19.4 Å². The number of carbonyl (C=O) groups is 2. The van der Waals surface area contributed by atoms with Crippen molar-refractivity contribution in [2.24, 2.45) is 0 Å². The van der Waals surface area contributed by atoms with Crippen molar-refractivity contribution in [3.8, 4) is 0 Å². The first-order valence-corrected chi connectivity index (χ1v) is 20.5. The Morgan fingerprint density at radius 3 is 1.44 bits per heavy atom. The number of unbranched alkanes of at least 4 members (excludes halogenated alkanes) is 20. The summed E-state index contributed by atoms with van der Waals surface area (Å²) in [5.74, 6) is -0.419. The predicted molar refractivity (Wildman–Crippen MR) is 205 cm³/mol. The van der Waals surface area contributed by atoms with E-state index in [1.165, 1.54) is 103 Å². The van der Waals surface area contributed by atoms with E-state index < -0.39 is 6.10 Å². The van der Waals surface area contributed by atoms with E-state index in [2.05, 4.69) is 57.2 Å². The van der Waals surface area contributed by atoms with Gasteiger partial charge in [-0.3, -0.25) is 9.59 Å². The van der Waals surface area contributed by atoms with E-state index >= 15 is 0 Å². The molecule has 0 aliphatic rings. The number of carbonyl (C=O) groups excluding carboxylic acids is 2. The third-order valence-electron chi connectivity index (χ3n) is 8.68. The first kappa shape index (κ1) is 46.1. The largest absolute Gasteiger partial charge is 0.462 e. The Labute approximate surface area is 298 Å². The van der Waals surface area contributed by atoms with Gasteiger partial charge in [0.05, 0.1) is 6.61 Å². The standard InChI is InChI=1S/C43H78O5/c1-4-7-10-13-16-17-18-19-20-21-22-23-24-25-26-27-29-30-33-36-42(44)47-40-41(39-46-38-35-32-15-12-9-6-3)48-43(45)37-34-31-28-14-11-8-5-2/h16-17,19-20,22-23,41H,4-15,18,21,24-40H2,1-3H3/b17-16-,20-19-,23-22-. The second-order valence-corrected chi connectivity index (χ2v) is 13.6. The average Bonchev–Trinajstić information content (AvgIpc) is 3.08. The second-order valence-electron chi connectivity index (χ2n) is 13.6. The molecule has 48 heavy (non-hydrogen) atoms. The molecule has 0 N–H and O–H groups in total. The molecule has 1 unspecified atom stereocenters. The van der Waals surface area contributed by atoms with Crippen LogP contribution < -0.4 is 0 Å². The SMILES string of the molecule is CCCCC/C=C\C/C=C\C/C=C\CCCCCCCCC(=O)OCC(COCCCCCCCC)OC(=O)CCCCCCCCC. The molecule has 0 aliphatic heterocycles. The Morgan fingerprint density at radius 2 is 0.875 bits per heavy atom. The van der Waals surface area contributed by atoms with Gasteiger partial charge in [-0.05, 0) is 57.8 Å². The monoisotopic (exact) mass is 675 g/mol. The van der Waals surface area contributed by atoms with Crippen LogP contribution in [0.25, 0.3) is 0 Å². The predicted octanol–water partition coefficient (Wildman–Crippen LogP) is 13.1. The van der Waals surface area contributed by atoms with Crippen LogP contribution in [-0.4, -0.2) is 37.9 Å². The Hall–Kier alpha value is -1.88. The van der Waals surface area contributed by atoms with Crippen LogP contribution in [0.15, 0.2) is 36.5 Å². The van der Waals surface area contributed by atoms with Crippen LogP contribution in [0.4, 0.5) is 0 Å². The number of hydrogen-bond donors (Lipinski definition) is 0. The summed E-state index contributed by atoms with van der Waals surface area (Å²) in [7, 11) is 0. The molecule has 0 aromatic carbocycles. The minimum atomic E-state index is -0.529. The summed E-state index contributed by atoms with van der Waals surface area (Å²) in [5, 5.41) is 0. The normalized spacial score (nSPS) is 12.5. The minimum Gasteiger partial charge on any atom is -0.462 e. The number of esters is 2. The molecule has 0 aromatic rings. The lowest BCUT2D eigenvalue weighted by molar-refractivity contribution is -0.163. The van der Waals surface area contributed by atoms with Gasteiger partial charge < -0.3 is 14.2 Å². The molecule has 0 radical (unpaired) electrons. The van der Waals surface area contributed by atoms with E-state index in [9.17, 15) is 9.59 Å². The summed E-state index contributed by atoms with van der Waals surface area (Å²) in [6.45, 7) is 7.71. The quantitative estimate of drug-likeness (QED) is 0.0373. The van der Waals surface area contributed by atoms with Crippen LogP contribution in [0.5, 0.6) is 0 Å². The maximum atomic E-state index is 12.5. The highest BCUT2D eigenvalue weighted by molar-refractivity contribution is 5.70. The lowest BCUT2D eigenvalue weighted by Crippen LogP contribution is -2.30. The van der Waals surface area contributed by atoms with Crippen molar-refractivity contribution in [1.29, 1.82) is 0 Å². The van der Waals surface area contributed by atoms with Gasteiger partial charge in [0.15, 0.2) is 6.10 Å². The van der Waals surface area contributed by atoms with E-state index in [1.54, 1.807) is 0 Å². The van der Waals surface area contributed by atoms with Gasteiger partial charge in [0.1, 0.15) is 6.61 Å². The number of rotatable bonds is 37. The van der Waals surface area contributed by atoms with Crippen LogP contribution in [0, 0.1) is 0 Å². The molecular formula is C43H78O5. The number of allylic oxidation sites excluding steroid dienone is 6. The molecule has 0 spiro atoms. The van der Waals surface area contributed by atoms with Crippen LogP contribution in [0.1, 0.15) is 201 Å². The van der Waals surface area contributed by atoms with E-state index in [1.807, 2.05) is 0 Å². The summed E-state index contributed by atoms with van der Waals surface area (Å²) in [4.78, 5) is 24.9. The fraction of sp³-hybridized carbons (Fsp3) is 0.814. The molecule has 0 fully saturated rings. The average molecular weight is 675 g/mol. The second kappa shape index (κ2) is 39.6. The highest BCUT2D eigenvalue weighted by atomic mass is 16.6. The molecule has 5 nitrogen and oxygen atoms in total.